The number of nitrogens with zero attached hydrogens (tertiary/aromatic N) is 1. The third-order valence-corrected chi connectivity index (χ3v) is 2.38. The highest BCUT2D eigenvalue weighted by Crippen LogP contribution is 2.24. The van der Waals surface area contributed by atoms with Crippen LogP contribution in [0, 0.1) is 0 Å². The van der Waals surface area contributed by atoms with E-state index >= 15 is 0 Å². The van der Waals surface area contributed by atoms with Crippen molar-refractivity contribution in [3.63, 3.8) is 0 Å². The van der Waals surface area contributed by atoms with Crippen LogP contribution >= 0.6 is 0 Å². The van der Waals surface area contributed by atoms with Crippen molar-refractivity contribution in [1.82, 2.24) is 4.90 Å². The summed E-state index contributed by atoms with van der Waals surface area (Å²) in [6.45, 7) is 4.34. The molecule has 0 bridgehead atoms. The average molecular weight is 217 g/mol. The lowest BCUT2D eigenvalue weighted by atomic mass is 10.1. The molecule has 4 nitrogen and oxygen atoms in total. The highest BCUT2D eigenvalue weighted by atomic mass is 19.1. The maximum absolute atomic E-state index is 13.1. The van der Waals surface area contributed by atoms with Gasteiger partial charge in [-0.1, -0.05) is 0 Å². The van der Waals surface area contributed by atoms with Crippen molar-refractivity contribution in [3.05, 3.63) is 0 Å². The molecule has 0 aromatic rings. The van der Waals surface area contributed by atoms with Crippen molar-refractivity contribution < 1.29 is 19.1 Å². The molecule has 1 aliphatic heterocycles. The van der Waals surface area contributed by atoms with Crippen LogP contribution in [0.3, 0.4) is 0 Å². The van der Waals surface area contributed by atoms with E-state index in [1.807, 2.05) is 0 Å². The summed E-state index contributed by atoms with van der Waals surface area (Å²) < 4.78 is 13.1. The number of rotatable bonds is 3. The van der Waals surface area contributed by atoms with Gasteiger partial charge < -0.3 is 10.0 Å². The first-order chi connectivity index (χ1) is 6.72. The molecular formula is C10H16FNO3. The zero-order valence-electron chi connectivity index (χ0n) is 9.16. The minimum atomic E-state index is -1.61. The molecule has 1 fully saturated rings. The number of likely N-dealkylation sites (tertiary alicyclic amines) is 1. The largest absolute Gasteiger partial charge is 0.389 e. The molecule has 1 rings (SSSR count). The summed E-state index contributed by atoms with van der Waals surface area (Å²) in [6.07, 6.45) is -1.70. The summed E-state index contributed by atoms with van der Waals surface area (Å²) in [5, 5.41) is 9.55. The molecule has 0 radical (unpaired) electrons. The average Bonchev–Trinajstić information content (AvgIpc) is 2.30. The smallest absolute Gasteiger partial charge is 0.257 e. The molecule has 1 heterocycles. The topological polar surface area (TPSA) is 57.6 Å². The molecule has 1 N–H and O–H groups in total. The van der Waals surface area contributed by atoms with Crippen LogP contribution in [0.25, 0.3) is 0 Å². The van der Waals surface area contributed by atoms with Crippen LogP contribution < -0.4 is 0 Å². The third-order valence-electron chi connectivity index (χ3n) is 2.38. The maximum atomic E-state index is 13.1. The van der Waals surface area contributed by atoms with Gasteiger partial charge in [0.1, 0.15) is 0 Å². The molecule has 0 aromatic carbocycles. The standard InChI is InChI=1S/C10H16FNO3/c1-6(13)8-4-7(11)9(14)12(8)5-10(2,3)15/h7-8,15H,4-5H2,1-3H3/t7-,8+/m1/s1. The van der Waals surface area contributed by atoms with Crippen LogP contribution in [0.2, 0.25) is 0 Å². The fourth-order valence-corrected chi connectivity index (χ4v) is 1.75. The minimum absolute atomic E-state index is 0.0174. The van der Waals surface area contributed by atoms with Gasteiger partial charge >= 0.3 is 0 Å². The number of Topliss-reactive ketones (excluding diaryl/α,β-unsaturated/α-hetero) is 1. The van der Waals surface area contributed by atoms with Gasteiger partial charge in [0.2, 0.25) is 0 Å². The molecule has 1 saturated heterocycles. The van der Waals surface area contributed by atoms with Gasteiger partial charge in [0.15, 0.2) is 12.0 Å². The van der Waals surface area contributed by atoms with Crippen LogP contribution in [0.1, 0.15) is 27.2 Å². The lowest BCUT2D eigenvalue weighted by Gasteiger charge is -2.28. The van der Waals surface area contributed by atoms with Crippen LogP contribution in [0.4, 0.5) is 4.39 Å². The van der Waals surface area contributed by atoms with E-state index < -0.39 is 23.7 Å². The Morgan fingerprint density at radius 2 is 2.20 bits per heavy atom. The van der Waals surface area contributed by atoms with E-state index in [1.165, 1.54) is 20.8 Å². The Hall–Kier alpha value is -0.970. The second kappa shape index (κ2) is 3.89. The van der Waals surface area contributed by atoms with Crippen molar-refractivity contribution in [1.29, 1.82) is 0 Å². The van der Waals surface area contributed by atoms with E-state index in [1.54, 1.807) is 0 Å². The summed E-state index contributed by atoms with van der Waals surface area (Å²) in [7, 11) is 0. The quantitative estimate of drug-likeness (QED) is 0.739. The van der Waals surface area contributed by atoms with Crippen LogP contribution in [0.15, 0.2) is 0 Å². The van der Waals surface area contributed by atoms with E-state index in [0.29, 0.717) is 0 Å². The molecule has 0 aliphatic carbocycles. The molecule has 1 amide bonds. The first kappa shape index (κ1) is 12.1. The number of carbonyl (C=O) groups excluding carboxylic acids is 2. The van der Waals surface area contributed by atoms with Crippen molar-refractivity contribution in [2.24, 2.45) is 0 Å². The van der Waals surface area contributed by atoms with Gasteiger partial charge in [-0.3, -0.25) is 9.59 Å². The lowest BCUT2D eigenvalue weighted by Crippen LogP contribution is -2.46. The molecule has 1 aliphatic rings. The molecule has 5 heteroatoms. The molecule has 86 valence electrons. The summed E-state index contributed by atoms with van der Waals surface area (Å²) in [5.41, 5.74) is -1.12. The van der Waals surface area contributed by atoms with E-state index in [2.05, 4.69) is 0 Å². The summed E-state index contributed by atoms with van der Waals surface area (Å²) in [4.78, 5) is 23.7. The molecule has 2 atom stereocenters. The van der Waals surface area contributed by atoms with Gasteiger partial charge in [-0.05, 0) is 20.8 Å². The molecule has 15 heavy (non-hydrogen) atoms. The Morgan fingerprint density at radius 3 is 2.60 bits per heavy atom. The van der Waals surface area contributed by atoms with E-state index in [9.17, 15) is 19.1 Å². The molecule has 0 saturated carbocycles. The van der Waals surface area contributed by atoms with Gasteiger partial charge in [-0.15, -0.1) is 0 Å². The van der Waals surface area contributed by atoms with Gasteiger partial charge in [-0.2, -0.15) is 0 Å². The number of carbonyl (C=O) groups is 2. The van der Waals surface area contributed by atoms with Crippen LogP contribution in [-0.4, -0.2) is 46.1 Å². The lowest BCUT2D eigenvalue weighted by molar-refractivity contribution is -0.138. The zero-order chi connectivity index (χ0) is 11.8. The molecule has 0 unspecified atom stereocenters. The maximum Gasteiger partial charge on any atom is 0.257 e. The van der Waals surface area contributed by atoms with Gasteiger partial charge in [0.05, 0.1) is 11.6 Å². The summed E-state index contributed by atoms with van der Waals surface area (Å²) >= 11 is 0. The minimum Gasteiger partial charge on any atom is -0.389 e. The number of hydrogen-bond donors (Lipinski definition) is 1. The molecular weight excluding hydrogens is 201 g/mol. The molecule has 0 aromatic heterocycles. The van der Waals surface area contributed by atoms with Gasteiger partial charge in [0, 0.05) is 13.0 Å². The van der Waals surface area contributed by atoms with E-state index in [0.717, 1.165) is 4.90 Å². The first-order valence-electron chi connectivity index (χ1n) is 4.90. The number of hydrogen-bond acceptors (Lipinski definition) is 3. The zero-order valence-corrected chi connectivity index (χ0v) is 9.16. The predicted molar refractivity (Wildman–Crippen MR) is 52.0 cm³/mol. The van der Waals surface area contributed by atoms with Crippen molar-refractivity contribution in [2.75, 3.05) is 6.54 Å². The Morgan fingerprint density at radius 1 is 1.67 bits per heavy atom. The van der Waals surface area contributed by atoms with Crippen molar-refractivity contribution in [2.45, 2.75) is 45.0 Å². The number of amides is 1. The Kier molecular flexibility index (Phi) is 3.13. The number of β-amino-alcohol motifs (C(OH)–C–C–N with tert-alkyl or cyclic N) is 1. The second-order valence-electron chi connectivity index (χ2n) is 4.61. The first-order valence-corrected chi connectivity index (χ1v) is 4.90. The Bertz CT molecular complexity index is 285. The fraction of sp³-hybridized carbons (Fsp3) is 0.800. The predicted octanol–water partition coefficient (Wildman–Crippen LogP) is 0.285. The second-order valence-corrected chi connectivity index (χ2v) is 4.61. The highest BCUT2D eigenvalue weighted by Gasteiger charge is 2.43. The number of alkyl halides is 1. The normalized spacial score (nSPS) is 27.3. The van der Waals surface area contributed by atoms with Crippen molar-refractivity contribution in [3.8, 4) is 0 Å². The fourth-order valence-electron chi connectivity index (χ4n) is 1.75. The van der Waals surface area contributed by atoms with E-state index in [4.69, 9.17) is 0 Å². The number of halogens is 1. The monoisotopic (exact) mass is 217 g/mol. The number of aliphatic hydroxyl groups is 1. The molecule has 0 spiro atoms. The number of ketones is 1. The summed E-state index contributed by atoms with van der Waals surface area (Å²) in [5.74, 6) is -0.940. The third kappa shape index (κ3) is 2.75. The van der Waals surface area contributed by atoms with Gasteiger partial charge in [0.25, 0.3) is 5.91 Å². The summed E-state index contributed by atoms with van der Waals surface area (Å²) in [6, 6.07) is -0.723. The highest BCUT2D eigenvalue weighted by molar-refractivity contribution is 5.93. The van der Waals surface area contributed by atoms with Crippen LogP contribution in [0.5, 0.6) is 0 Å². The SMILES string of the molecule is CC(=O)[C@@H]1C[C@@H](F)C(=O)N1CC(C)(C)O. The Labute approximate surface area is 88.1 Å². The van der Waals surface area contributed by atoms with E-state index in [-0.39, 0.29) is 18.7 Å². The van der Waals surface area contributed by atoms with Crippen LogP contribution in [-0.2, 0) is 9.59 Å². The Balaban J connectivity index is 2.82. The van der Waals surface area contributed by atoms with Gasteiger partial charge in [-0.25, -0.2) is 4.39 Å². The van der Waals surface area contributed by atoms with Crippen molar-refractivity contribution >= 4 is 11.7 Å².